The second-order valence-corrected chi connectivity index (χ2v) is 12.3. The quantitative estimate of drug-likeness (QED) is 0.156. The van der Waals surface area contributed by atoms with Crippen LogP contribution in [0.1, 0.15) is 90.9 Å². The predicted octanol–water partition coefficient (Wildman–Crippen LogP) is 8.91. The summed E-state index contributed by atoms with van der Waals surface area (Å²) < 4.78 is 1.99. The SMILES string of the molecule is CCCCC(CC)CSCCCCCCCCCC(Sc1nc2ccccc2s1)C(=O)O. The molecule has 0 aliphatic carbocycles. The maximum absolute atomic E-state index is 11.7. The number of aliphatic carboxylic acids is 1. The lowest BCUT2D eigenvalue weighted by Gasteiger charge is -2.13. The highest BCUT2D eigenvalue weighted by molar-refractivity contribution is 8.02. The number of carbonyl (C=O) groups is 1. The van der Waals surface area contributed by atoms with E-state index >= 15 is 0 Å². The molecule has 0 radical (unpaired) electrons. The minimum absolute atomic E-state index is 0.392. The molecule has 1 aromatic heterocycles. The molecule has 0 fully saturated rings. The van der Waals surface area contributed by atoms with Gasteiger partial charge in [-0.2, -0.15) is 11.8 Å². The Balaban J connectivity index is 1.49. The summed E-state index contributed by atoms with van der Waals surface area (Å²) in [5, 5.41) is 9.21. The zero-order chi connectivity index (χ0) is 23.0. The number of carboxylic acids is 1. The van der Waals surface area contributed by atoms with Crippen LogP contribution < -0.4 is 0 Å². The maximum Gasteiger partial charge on any atom is 0.317 e. The molecule has 6 heteroatoms. The fourth-order valence-corrected chi connectivity index (χ4v) is 7.42. The van der Waals surface area contributed by atoms with Gasteiger partial charge in [-0.25, -0.2) is 4.98 Å². The van der Waals surface area contributed by atoms with Crippen molar-refractivity contribution < 1.29 is 9.90 Å². The average Bonchev–Trinajstić information content (AvgIpc) is 3.21. The highest BCUT2D eigenvalue weighted by atomic mass is 32.2. The lowest BCUT2D eigenvalue weighted by atomic mass is 10.0. The van der Waals surface area contributed by atoms with Crippen molar-refractivity contribution >= 4 is 51.0 Å². The Hall–Kier alpha value is -0.720. The van der Waals surface area contributed by atoms with Crippen LogP contribution in [0, 0.1) is 5.92 Å². The third kappa shape index (κ3) is 10.9. The maximum atomic E-state index is 11.7. The van der Waals surface area contributed by atoms with Crippen LogP contribution in [0.25, 0.3) is 10.2 Å². The van der Waals surface area contributed by atoms with Crippen molar-refractivity contribution in [1.82, 2.24) is 4.98 Å². The molecule has 0 spiro atoms. The molecule has 180 valence electrons. The molecule has 1 aromatic carbocycles. The number of hydrogen-bond donors (Lipinski definition) is 1. The van der Waals surface area contributed by atoms with E-state index in [0.29, 0.717) is 0 Å². The van der Waals surface area contributed by atoms with Crippen LogP contribution in [0.4, 0.5) is 0 Å². The highest BCUT2D eigenvalue weighted by Gasteiger charge is 2.20. The lowest BCUT2D eigenvalue weighted by Crippen LogP contribution is -2.16. The van der Waals surface area contributed by atoms with Crippen LogP contribution in [0.15, 0.2) is 28.6 Å². The predicted molar refractivity (Wildman–Crippen MR) is 144 cm³/mol. The number of thiazole rings is 1. The van der Waals surface area contributed by atoms with Crippen LogP contribution in [-0.2, 0) is 4.79 Å². The van der Waals surface area contributed by atoms with Crippen LogP contribution in [0.2, 0.25) is 0 Å². The minimum Gasteiger partial charge on any atom is -0.480 e. The van der Waals surface area contributed by atoms with Gasteiger partial charge in [0.15, 0.2) is 4.34 Å². The first kappa shape index (κ1) is 27.5. The van der Waals surface area contributed by atoms with E-state index in [1.54, 1.807) is 11.3 Å². The summed E-state index contributed by atoms with van der Waals surface area (Å²) >= 11 is 5.16. The number of hydrogen-bond acceptors (Lipinski definition) is 5. The van der Waals surface area contributed by atoms with Crippen molar-refractivity contribution in [2.75, 3.05) is 11.5 Å². The van der Waals surface area contributed by atoms with Crippen molar-refractivity contribution in [2.45, 2.75) is 100 Å². The van der Waals surface area contributed by atoms with Gasteiger partial charge in [-0.15, -0.1) is 11.3 Å². The summed E-state index contributed by atoms with van der Waals surface area (Å²) in [6, 6.07) is 8.00. The van der Waals surface area contributed by atoms with E-state index in [1.165, 1.54) is 81.1 Å². The van der Waals surface area contributed by atoms with Gasteiger partial charge in [0.2, 0.25) is 0 Å². The number of thioether (sulfide) groups is 2. The van der Waals surface area contributed by atoms with E-state index in [-0.39, 0.29) is 0 Å². The lowest BCUT2D eigenvalue weighted by molar-refractivity contribution is -0.136. The minimum atomic E-state index is -0.716. The molecule has 0 aliphatic heterocycles. The highest BCUT2D eigenvalue weighted by Crippen LogP contribution is 2.34. The van der Waals surface area contributed by atoms with Crippen molar-refractivity contribution in [3.8, 4) is 0 Å². The summed E-state index contributed by atoms with van der Waals surface area (Å²) in [6.45, 7) is 4.62. The monoisotopic (exact) mass is 495 g/mol. The Labute approximate surface area is 207 Å². The van der Waals surface area contributed by atoms with Gasteiger partial charge in [-0.3, -0.25) is 4.79 Å². The van der Waals surface area contributed by atoms with Crippen molar-refractivity contribution in [2.24, 2.45) is 5.92 Å². The van der Waals surface area contributed by atoms with E-state index < -0.39 is 11.2 Å². The Morgan fingerprint density at radius 1 is 1.00 bits per heavy atom. The Morgan fingerprint density at radius 2 is 1.72 bits per heavy atom. The third-order valence-corrected chi connectivity index (χ3v) is 9.61. The Bertz CT molecular complexity index is 731. The Kier molecular flexibility index (Phi) is 14.5. The van der Waals surface area contributed by atoms with Crippen LogP contribution in [-0.4, -0.2) is 32.8 Å². The number of para-hydroxylation sites is 1. The van der Waals surface area contributed by atoms with Gasteiger partial charge in [0.1, 0.15) is 5.25 Å². The molecule has 0 aliphatic rings. The zero-order valence-electron chi connectivity index (χ0n) is 19.9. The molecule has 0 saturated heterocycles. The standard InChI is InChI=1S/C26H41NO2S3/c1-3-5-15-21(4-2)20-30-19-14-10-8-6-7-9-11-18-24(25(28)29)32-26-27-22-16-12-13-17-23(22)31-26/h12-13,16-17,21,24H,3-11,14-15,18-20H2,1-2H3,(H,28,29). The van der Waals surface area contributed by atoms with Gasteiger partial charge in [0, 0.05) is 0 Å². The molecule has 1 N–H and O–H groups in total. The van der Waals surface area contributed by atoms with Gasteiger partial charge >= 0.3 is 5.97 Å². The van der Waals surface area contributed by atoms with Gasteiger partial charge in [-0.1, -0.05) is 95.5 Å². The molecule has 32 heavy (non-hydrogen) atoms. The number of carboxylic acid groups (broad SMARTS) is 1. The van der Waals surface area contributed by atoms with Gasteiger partial charge < -0.3 is 5.11 Å². The molecule has 2 unspecified atom stereocenters. The van der Waals surface area contributed by atoms with Crippen molar-refractivity contribution in [3.63, 3.8) is 0 Å². The summed E-state index contributed by atoms with van der Waals surface area (Å²) in [5.74, 6) is 2.86. The molecular weight excluding hydrogens is 454 g/mol. The van der Waals surface area contributed by atoms with Gasteiger partial charge in [-0.05, 0) is 48.8 Å². The zero-order valence-corrected chi connectivity index (χ0v) is 22.3. The number of aromatic nitrogens is 1. The van der Waals surface area contributed by atoms with Crippen LogP contribution in [0.5, 0.6) is 0 Å². The van der Waals surface area contributed by atoms with Gasteiger partial charge in [0.05, 0.1) is 10.2 Å². The molecule has 3 nitrogen and oxygen atoms in total. The summed E-state index contributed by atoms with van der Waals surface area (Å²) in [7, 11) is 0. The second kappa shape index (κ2) is 16.8. The first-order valence-electron chi connectivity index (χ1n) is 12.5. The fraction of sp³-hybridized carbons (Fsp3) is 0.692. The second-order valence-electron chi connectivity index (χ2n) is 8.65. The fourth-order valence-electron chi connectivity index (χ4n) is 3.82. The third-order valence-electron chi connectivity index (χ3n) is 5.94. The molecule has 0 amide bonds. The van der Waals surface area contributed by atoms with E-state index in [2.05, 4.69) is 30.6 Å². The van der Waals surface area contributed by atoms with Gasteiger partial charge in [0.25, 0.3) is 0 Å². The normalized spacial score (nSPS) is 13.4. The first-order chi connectivity index (χ1) is 15.6. The van der Waals surface area contributed by atoms with Crippen LogP contribution in [0.3, 0.4) is 0 Å². The van der Waals surface area contributed by atoms with E-state index in [1.807, 2.05) is 24.3 Å². The summed E-state index contributed by atoms with van der Waals surface area (Å²) in [5.41, 5.74) is 0.962. The van der Waals surface area contributed by atoms with E-state index in [4.69, 9.17) is 0 Å². The molecular formula is C26H41NO2S3. The largest absolute Gasteiger partial charge is 0.480 e. The molecule has 2 aromatic rings. The molecule has 1 heterocycles. The Morgan fingerprint density at radius 3 is 2.41 bits per heavy atom. The smallest absolute Gasteiger partial charge is 0.317 e. The molecule has 2 rings (SSSR count). The average molecular weight is 496 g/mol. The van der Waals surface area contributed by atoms with E-state index in [9.17, 15) is 9.90 Å². The van der Waals surface area contributed by atoms with Crippen molar-refractivity contribution in [1.29, 1.82) is 0 Å². The number of unbranched alkanes of at least 4 members (excludes halogenated alkanes) is 7. The van der Waals surface area contributed by atoms with E-state index in [0.717, 1.165) is 39.7 Å². The molecule has 2 atom stereocenters. The topological polar surface area (TPSA) is 50.2 Å². The molecule has 0 bridgehead atoms. The van der Waals surface area contributed by atoms with Crippen molar-refractivity contribution in [3.05, 3.63) is 24.3 Å². The first-order valence-corrected chi connectivity index (χ1v) is 15.3. The number of rotatable bonds is 19. The number of fused-ring (bicyclic) bond motifs is 1. The summed E-state index contributed by atoms with van der Waals surface area (Å²) in [4.78, 5) is 16.3. The summed E-state index contributed by atoms with van der Waals surface area (Å²) in [6.07, 6.45) is 14.8. The number of nitrogens with zero attached hydrogens (tertiary/aromatic N) is 1. The molecule has 0 saturated carbocycles. The van der Waals surface area contributed by atoms with Crippen LogP contribution >= 0.6 is 34.9 Å². The number of benzene rings is 1.